The van der Waals surface area contributed by atoms with E-state index in [4.69, 9.17) is 17.9 Å². The minimum absolute atomic E-state index is 0. The standard InChI is InChI=1S/C62H52N4O.Pt/c1-61(2,3)46-27-28-63-59(34-46)66-55-22-11-10-21-51(55)52-26-25-50(36-58(52)66)67-49-20-14-19-48(35-49)64-40-65(57-24-13-12-23-56(57)64)60-53(44-15-6-4-7-16-44)32-47(33-54(60)45-17-8-5-9-18-45)62-37-41-29-42(38-62)31-43(30-41)39-62;/h4-28,32-34,41-43H,29-31,37-39H2,1-3H3;/q-2;/i4D,5D,6D,7D,8D,9D,15D,16D,17D,18D;. The Labute approximate surface area is 427 Å². The molecule has 0 amide bonds. The summed E-state index contributed by atoms with van der Waals surface area (Å²) < 4.78 is 103. The number of hydrogen-bond donors (Lipinski definition) is 0. The van der Waals surface area contributed by atoms with Crippen molar-refractivity contribution < 1.29 is 44.1 Å². The van der Waals surface area contributed by atoms with E-state index in [1.807, 2.05) is 85.1 Å². The van der Waals surface area contributed by atoms with E-state index in [2.05, 4.69) is 62.0 Å². The van der Waals surface area contributed by atoms with Crippen molar-refractivity contribution in [2.45, 2.75) is 70.1 Å². The smallest absolute Gasteiger partial charge is 0.268 e. The van der Waals surface area contributed by atoms with E-state index in [0.29, 0.717) is 46.0 Å². The maximum atomic E-state index is 9.47. The molecule has 68 heavy (non-hydrogen) atoms. The summed E-state index contributed by atoms with van der Waals surface area (Å²) in [7, 11) is 0. The summed E-state index contributed by atoms with van der Waals surface area (Å²) in [5.74, 6) is 3.11. The van der Waals surface area contributed by atoms with Crippen LogP contribution in [0.2, 0.25) is 0 Å². The fraction of sp³-hybridized carbons (Fsp3) is 0.226. The number of para-hydroxylation sites is 3. The quantitative estimate of drug-likeness (QED) is 0.112. The van der Waals surface area contributed by atoms with Gasteiger partial charge in [-0.15, -0.1) is 29.7 Å². The van der Waals surface area contributed by atoms with E-state index in [-0.39, 0.29) is 59.8 Å². The van der Waals surface area contributed by atoms with Gasteiger partial charge in [0.2, 0.25) is 0 Å². The van der Waals surface area contributed by atoms with Gasteiger partial charge >= 0.3 is 0 Å². The van der Waals surface area contributed by atoms with Crippen molar-refractivity contribution in [1.29, 1.82) is 0 Å². The molecule has 10 aromatic rings. The molecule has 14 rings (SSSR count). The van der Waals surface area contributed by atoms with Crippen LogP contribution in [0.4, 0.5) is 0 Å². The number of fused-ring (bicyclic) bond motifs is 4. The molecular weight excluding hydrogens is 1010 g/mol. The molecule has 4 aliphatic rings. The Balaban J connectivity index is 0.00000609. The van der Waals surface area contributed by atoms with Gasteiger partial charge in [0.25, 0.3) is 6.33 Å². The van der Waals surface area contributed by atoms with Crippen LogP contribution >= 0.6 is 0 Å². The van der Waals surface area contributed by atoms with Crippen molar-refractivity contribution >= 4 is 32.8 Å². The largest absolute Gasteiger partial charge is 0.510 e. The zero-order valence-electron chi connectivity index (χ0n) is 47.9. The second kappa shape index (κ2) is 16.6. The average Bonchev–Trinajstić information content (AvgIpc) is 4.06. The monoisotopic (exact) mass is 1070 g/mol. The van der Waals surface area contributed by atoms with Gasteiger partial charge in [-0.1, -0.05) is 141 Å². The van der Waals surface area contributed by atoms with Crippen LogP contribution < -0.4 is 9.30 Å². The van der Waals surface area contributed by atoms with Crippen molar-refractivity contribution in [3.05, 3.63) is 199 Å². The van der Waals surface area contributed by atoms with E-state index in [0.717, 1.165) is 77.3 Å². The maximum Gasteiger partial charge on any atom is 0.268 e. The normalized spacial score (nSPS) is 21.8. The minimum atomic E-state index is -0.537. The van der Waals surface area contributed by atoms with Gasteiger partial charge in [0.15, 0.2) is 0 Å². The third-order valence-corrected chi connectivity index (χ3v) is 14.7. The molecule has 3 aromatic heterocycles. The summed E-state index contributed by atoms with van der Waals surface area (Å²) in [6, 6.07) is 35.5. The van der Waals surface area contributed by atoms with Crippen LogP contribution in [0.3, 0.4) is 0 Å². The second-order valence-electron chi connectivity index (χ2n) is 20.0. The van der Waals surface area contributed by atoms with E-state index >= 15 is 0 Å². The molecule has 4 fully saturated rings. The van der Waals surface area contributed by atoms with E-state index in [1.54, 1.807) is 15.2 Å². The third kappa shape index (κ3) is 7.24. The van der Waals surface area contributed by atoms with Crippen LogP contribution in [0, 0.1) is 36.2 Å². The molecule has 4 bridgehead atoms. The molecule has 0 saturated heterocycles. The molecule has 0 unspecified atom stereocenters. The Morgan fingerprint density at radius 1 is 0.676 bits per heavy atom. The van der Waals surface area contributed by atoms with Crippen molar-refractivity contribution in [1.82, 2.24) is 14.1 Å². The molecular formula is C62H52N4OPt-2. The van der Waals surface area contributed by atoms with Gasteiger partial charge in [0.05, 0.1) is 30.4 Å². The first kappa shape index (κ1) is 33.0. The van der Waals surface area contributed by atoms with E-state index in [1.165, 1.54) is 0 Å². The average molecular weight is 1070 g/mol. The number of imidazole rings is 1. The molecule has 7 aromatic carbocycles. The van der Waals surface area contributed by atoms with Crippen LogP contribution in [-0.2, 0) is 31.9 Å². The van der Waals surface area contributed by atoms with Crippen LogP contribution in [0.25, 0.3) is 72.3 Å². The first-order valence-corrected chi connectivity index (χ1v) is 23.3. The first-order valence-electron chi connectivity index (χ1n) is 28.3. The second-order valence-corrected chi connectivity index (χ2v) is 20.0. The molecule has 4 aliphatic carbocycles. The summed E-state index contributed by atoms with van der Waals surface area (Å²) in [5.41, 5.74) is 5.78. The Bertz CT molecular complexity index is 3960. The van der Waals surface area contributed by atoms with Gasteiger partial charge in [-0.3, -0.25) is 4.57 Å². The summed E-state index contributed by atoms with van der Waals surface area (Å²) in [6.45, 7) is 6.54. The molecule has 0 aliphatic heterocycles. The van der Waals surface area contributed by atoms with Crippen molar-refractivity contribution in [2.75, 3.05) is 0 Å². The SMILES string of the molecule is [2H]c1c([2H])c([2H])c(-c2cc(C34CC5CC(CC(C5)C3)C4)cc(-c3c([2H])c([2H])c([2H])c([2H])c3[2H])c2-[n+]2[c-]n(-c3[c-]c(Oc4[c-]c5c(cc4)c4ccccc4n5-c4cc(C(C)(C)C)ccn4)ccc3)c3ccccc32)c([2H])c1[2H].[Pt]. The number of ether oxygens (including phenoxy) is 1. The predicted molar refractivity (Wildman–Crippen MR) is 269 cm³/mol. The Morgan fingerprint density at radius 2 is 1.31 bits per heavy atom. The van der Waals surface area contributed by atoms with Gasteiger partial charge in [-0.2, -0.15) is 18.2 Å². The van der Waals surface area contributed by atoms with Gasteiger partial charge < -0.3 is 13.9 Å². The Hall–Kier alpha value is -6.55. The summed E-state index contributed by atoms with van der Waals surface area (Å²) in [4.78, 5) is 4.83. The number of rotatable bonds is 8. The van der Waals surface area contributed by atoms with E-state index < -0.39 is 60.4 Å². The Kier molecular flexibility index (Phi) is 8.06. The number of benzene rings is 7. The number of nitrogens with zero attached hydrogens (tertiary/aromatic N) is 4. The summed E-state index contributed by atoms with van der Waals surface area (Å²) in [5, 5.41) is 2.04. The number of aromatic nitrogens is 4. The Morgan fingerprint density at radius 3 is 1.99 bits per heavy atom. The fourth-order valence-corrected chi connectivity index (χ4v) is 12.1. The van der Waals surface area contributed by atoms with E-state index in [9.17, 15) is 5.48 Å². The van der Waals surface area contributed by atoms with Gasteiger partial charge in [-0.05, 0) is 130 Å². The van der Waals surface area contributed by atoms with Crippen LogP contribution in [0.15, 0.2) is 170 Å². The first-order chi connectivity index (χ1) is 36.9. The van der Waals surface area contributed by atoms with Crippen LogP contribution in [0.1, 0.15) is 84.1 Å². The minimum Gasteiger partial charge on any atom is -0.510 e. The fourth-order valence-electron chi connectivity index (χ4n) is 12.1. The molecule has 3 heterocycles. The van der Waals surface area contributed by atoms with Gasteiger partial charge in [0, 0.05) is 44.3 Å². The topological polar surface area (TPSA) is 35.9 Å². The van der Waals surface area contributed by atoms with Gasteiger partial charge in [-0.25, -0.2) is 4.98 Å². The van der Waals surface area contributed by atoms with Crippen molar-refractivity contribution in [3.8, 4) is 50.9 Å². The van der Waals surface area contributed by atoms with Crippen molar-refractivity contribution in [3.63, 3.8) is 0 Å². The van der Waals surface area contributed by atoms with Crippen LogP contribution in [0.5, 0.6) is 11.5 Å². The zero-order chi connectivity index (χ0) is 53.6. The molecule has 0 atom stereocenters. The molecule has 338 valence electrons. The maximum absolute atomic E-state index is 9.47. The third-order valence-electron chi connectivity index (χ3n) is 14.7. The predicted octanol–water partition coefficient (Wildman–Crippen LogP) is 14.7. The molecule has 6 heteroatoms. The summed E-state index contributed by atoms with van der Waals surface area (Å²) in [6.07, 6.45) is 11.6. The molecule has 0 spiro atoms. The number of pyridine rings is 1. The molecule has 4 saturated carbocycles. The molecule has 5 nitrogen and oxygen atoms in total. The molecule has 0 N–H and O–H groups in total. The van der Waals surface area contributed by atoms with Crippen LogP contribution in [-0.4, -0.2) is 14.1 Å². The number of hydrogen-bond acceptors (Lipinski definition) is 2. The van der Waals surface area contributed by atoms with Gasteiger partial charge in [0.1, 0.15) is 5.82 Å². The van der Waals surface area contributed by atoms with Crippen molar-refractivity contribution in [2.24, 2.45) is 17.8 Å². The summed E-state index contributed by atoms with van der Waals surface area (Å²) >= 11 is 0. The molecule has 0 radical (unpaired) electrons. The zero-order valence-corrected chi connectivity index (χ0v) is 40.2.